The average molecular weight is 963 g/mol. The van der Waals surface area contributed by atoms with E-state index in [1.54, 1.807) is 52.2 Å². The number of fused-ring (bicyclic) bond motifs is 1. The fraction of sp³-hybridized carbons (Fsp3) is 0.426. The molecule has 69 heavy (non-hydrogen) atoms. The van der Waals surface area contributed by atoms with E-state index in [1.807, 2.05) is 68.4 Å². The Labute approximate surface area is 406 Å². The third kappa shape index (κ3) is 12.0. The number of nitrogens with one attached hydrogen (secondary N) is 3. The van der Waals surface area contributed by atoms with Gasteiger partial charge in [-0.3, -0.25) is 19.2 Å². The molecule has 0 aromatic heterocycles. The highest BCUT2D eigenvalue weighted by atomic mass is 32.2. The number of hydrogen-bond acceptors (Lipinski definition) is 10. The predicted octanol–water partition coefficient (Wildman–Crippen LogP) is 8.33. The molecule has 368 valence electrons. The first kappa shape index (κ1) is 51.9. The van der Waals surface area contributed by atoms with E-state index in [2.05, 4.69) is 35.4 Å². The van der Waals surface area contributed by atoms with Crippen LogP contribution in [0.15, 0.2) is 115 Å². The molecule has 3 N–H and O–H groups in total. The van der Waals surface area contributed by atoms with Crippen LogP contribution in [-0.4, -0.2) is 86.9 Å². The van der Waals surface area contributed by atoms with Crippen LogP contribution in [0.3, 0.4) is 0 Å². The molecule has 4 amide bonds. The molecule has 4 aromatic carbocycles. The van der Waals surface area contributed by atoms with Crippen molar-refractivity contribution in [2.45, 2.75) is 109 Å². The molecule has 6 rings (SSSR count). The number of rotatable bonds is 21. The van der Waals surface area contributed by atoms with Crippen LogP contribution in [0.25, 0.3) is 21.9 Å². The number of amides is 4. The summed E-state index contributed by atoms with van der Waals surface area (Å²) in [7, 11) is -2.63. The number of hydrogen-bond donors (Lipinski definition) is 3. The first-order chi connectivity index (χ1) is 32.8. The lowest BCUT2D eigenvalue weighted by Gasteiger charge is -2.31. The summed E-state index contributed by atoms with van der Waals surface area (Å²) in [5.41, 5.74) is 0.789. The van der Waals surface area contributed by atoms with Crippen LogP contribution in [0.5, 0.6) is 11.5 Å². The topological polar surface area (TPSA) is 187 Å². The van der Waals surface area contributed by atoms with Crippen molar-refractivity contribution in [2.24, 2.45) is 23.2 Å². The Morgan fingerprint density at radius 2 is 1.61 bits per heavy atom. The number of methoxy groups -OCH3 is 1. The van der Waals surface area contributed by atoms with Gasteiger partial charge in [-0.1, -0.05) is 88.4 Å². The molecule has 1 saturated heterocycles. The van der Waals surface area contributed by atoms with Crippen molar-refractivity contribution in [3.63, 3.8) is 0 Å². The van der Waals surface area contributed by atoms with Crippen molar-refractivity contribution in [2.75, 3.05) is 20.2 Å². The first-order valence-electron chi connectivity index (χ1n) is 23.6. The van der Waals surface area contributed by atoms with Crippen LogP contribution in [0.2, 0.25) is 0 Å². The molecule has 14 nitrogen and oxygen atoms in total. The van der Waals surface area contributed by atoms with Crippen LogP contribution in [0.1, 0.15) is 79.2 Å². The molecule has 15 heteroatoms. The van der Waals surface area contributed by atoms with Gasteiger partial charge in [-0.2, -0.15) is 0 Å². The van der Waals surface area contributed by atoms with Crippen molar-refractivity contribution in [1.82, 2.24) is 20.3 Å². The SMILES string of the molecule is C=CC(=O)C(C)C(CC)CCC(NC(=O)OC(C)(C)C)C(=O)N1CC(Oc2cc(-c3ccccc3)c(CC)c3cc(OC)ccc23)CC1C(=O)NCC1(C(=O)NS(=O)(=O)c2ccccc2)CC1C=C. The van der Waals surface area contributed by atoms with Gasteiger partial charge in [-0.25, -0.2) is 17.9 Å². The molecule has 1 heterocycles. The largest absolute Gasteiger partial charge is 0.497 e. The van der Waals surface area contributed by atoms with Gasteiger partial charge in [0.2, 0.25) is 17.7 Å². The van der Waals surface area contributed by atoms with Gasteiger partial charge in [0.05, 0.1) is 24.0 Å². The van der Waals surface area contributed by atoms with Crippen molar-refractivity contribution in [3.05, 3.63) is 116 Å². The minimum Gasteiger partial charge on any atom is -0.497 e. The van der Waals surface area contributed by atoms with E-state index in [0.717, 1.165) is 27.5 Å². The third-order valence-corrected chi connectivity index (χ3v) is 14.8. The number of aryl methyl sites for hydroxylation is 1. The second kappa shape index (κ2) is 21.9. The van der Waals surface area contributed by atoms with Gasteiger partial charge in [0.15, 0.2) is 5.78 Å². The minimum atomic E-state index is -4.24. The molecule has 2 fully saturated rings. The van der Waals surface area contributed by atoms with Crippen LogP contribution in [0.4, 0.5) is 4.79 Å². The lowest BCUT2D eigenvalue weighted by Crippen LogP contribution is -2.55. The number of ketones is 1. The quantitative estimate of drug-likeness (QED) is 0.0542. The number of likely N-dealkylation sites (tertiary alicyclic amines) is 1. The summed E-state index contributed by atoms with van der Waals surface area (Å²) >= 11 is 0. The van der Waals surface area contributed by atoms with E-state index < -0.39 is 74.9 Å². The van der Waals surface area contributed by atoms with E-state index in [9.17, 15) is 27.6 Å². The molecular formula is C54H66N4O10S. The van der Waals surface area contributed by atoms with Crippen molar-refractivity contribution in [3.8, 4) is 22.6 Å². The van der Waals surface area contributed by atoms with Gasteiger partial charge < -0.3 is 29.7 Å². The number of ether oxygens (including phenoxy) is 3. The van der Waals surface area contributed by atoms with Gasteiger partial charge in [0.25, 0.3) is 10.0 Å². The predicted molar refractivity (Wildman–Crippen MR) is 266 cm³/mol. The van der Waals surface area contributed by atoms with E-state index in [1.165, 1.54) is 23.1 Å². The highest BCUT2D eigenvalue weighted by Gasteiger charge is 2.59. The Balaban J connectivity index is 1.36. The second-order valence-electron chi connectivity index (χ2n) is 19.0. The average Bonchev–Trinajstić information content (AvgIpc) is 3.92. The fourth-order valence-electron chi connectivity index (χ4n) is 9.41. The molecule has 4 aromatic rings. The molecule has 2 aliphatic rings. The Hall–Kier alpha value is -6.48. The standard InChI is InChI=1S/C54H66N4O10S/c1-10-35(34(5)47(59)13-4)24-27-45(56-52(63)68-53(6,7)8)50(61)58-32-39(67-48-30-43(36-20-16-14-17-21-36)41(12-3)44-28-38(66-9)25-26-42(44)48)29-46(58)49(60)55-33-54(31-37(54)11-2)51(62)57-69(64,65)40-22-18-15-19-23-40/h11,13-23,25-26,28,30,34-35,37,39,45-46H,2,4,10,12,24,27,29,31-33H2,1,3,5-9H3,(H,55,60)(H,56,63)(H,57,62). The van der Waals surface area contributed by atoms with Crippen LogP contribution in [-0.2, 0) is 40.4 Å². The van der Waals surface area contributed by atoms with Crippen LogP contribution in [0, 0.1) is 23.2 Å². The highest BCUT2D eigenvalue weighted by molar-refractivity contribution is 7.90. The molecule has 7 atom stereocenters. The summed E-state index contributed by atoms with van der Waals surface area (Å²) in [5, 5.41) is 7.40. The molecule has 0 radical (unpaired) electrons. The molecule has 7 unspecified atom stereocenters. The van der Waals surface area contributed by atoms with E-state index in [4.69, 9.17) is 14.2 Å². The maximum absolute atomic E-state index is 15.1. The van der Waals surface area contributed by atoms with Gasteiger partial charge in [-0.05, 0) is 123 Å². The molecule has 1 aliphatic heterocycles. The number of carbonyl (C=O) groups excluding carboxylic acids is 5. The van der Waals surface area contributed by atoms with Crippen molar-refractivity contribution >= 4 is 50.4 Å². The second-order valence-corrected chi connectivity index (χ2v) is 20.7. The summed E-state index contributed by atoms with van der Waals surface area (Å²) < 4.78 is 46.9. The molecule has 0 bridgehead atoms. The van der Waals surface area contributed by atoms with E-state index in [0.29, 0.717) is 30.8 Å². The number of allylic oxidation sites excluding steroid dienone is 2. The zero-order chi connectivity index (χ0) is 50.3. The summed E-state index contributed by atoms with van der Waals surface area (Å²) in [5.74, 6) is -1.88. The van der Waals surface area contributed by atoms with Gasteiger partial charge >= 0.3 is 6.09 Å². The molecule has 1 saturated carbocycles. The van der Waals surface area contributed by atoms with E-state index >= 15 is 4.79 Å². The van der Waals surface area contributed by atoms with E-state index in [-0.39, 0.29) is 48.9 Å². The summed E-state index contributed by atoms with van der Waals surface area (Å²) in [4.78, 5) is 71.2. The lowest BCUT2D eigenvalue weighted by molar-refractivity contribution is -0.140. The van der Waals surface area contributed by atoms with Gasteiger partial charge in [0, 0.05) is 24.3 Å². The number of benzene rings is 4. The minimum absolute atomic E-state index is 0.0273. The smallest absolute Gasteiger partial charge is 0.408 e. The number of nitrogens with zero attached hydrogens (tertiary/aromatic N) is 1. The maximum atomic E-state index is 15.1. The maximum Gasteiger partial charge on any atom is 0.408 e. The number of sulfonamides is 1. The fourth-order valence-corrected chi connectivity index (χ4v) is 10.5. The van der Waals surface area contributed by atoms with Crippen LogP contribution < -0.4 is 24.8 Å². The number of carbonyl (C=O) groups is 5. The first-order valence-corrected chi connectivity index (χ1v) is 25.1. The zero-order valence-corrected chi connectivity index (χ0v) is 41.5. The monoisotopic (exact) mass is 962 g/mol. The lowest BCUT2D eigenvalue weighted by atomic mass is 9.83. The Bertz CT molecular complexity index is 2670. The van der Waals surface area contributed by atoms with Crippen molar-refractivity contribution in [1.29, 1.82) is 0 Å². The summed E-state index contributed by atoms with van der Waals surface area (Å²) in [6, 6.07) is 22.8. The Kier molecular flexibility index (Phi) is 16.4. The third-order valence-electron chi connectivity index (χ3n) is 13.4. The molecule has 1 aliphatic carbocycles. The summed E-state index contributed by atoms with van der Waals surface area (Å²) in [6.45, 7) is 18.2. The highest BCUT2D eigenvalue weighted by Crippen LogP contribution is 2.53. The Morgan fingerprint density at radius 3 is 2.20 bits per heavy atom. The summed E-state index contributed by atoms with van der Waals surface area (Å²) in [6.07, 6.45) is 3.36. The normalized spacial score (nSPS) is 20.2. The van der Waals surface area contributed by atoms with Crippen LogP contribution >= 0.6 is 0 Å². The van der Waals surface area contributed by atoms with Gasteiger partial charge in [-0.15, -0.1) is 6.58 Å². The Morgan fingerprint density at radius 1 is 0.928 bits per heavy atom. The molecule has 0 spiro atoms. The van der Waals surface area contributed by atoms with Gasteiger partial charge in [0.1, 0.15) is 35.3 Å². The molecular weight excluding hydrogens is 897 g/mol. The van der Waals surface area contributed by atoms with Crippen molar-refractivity contribution < 1.29 is 46.6 Å². The zero-order valence-electron chi connectivity index (χ0n) is 40.7. The number of alkyl carbamates (subject to hydrolysis) is 1.